The summed E-state index contributed by atoms with van der Waals surface area (Å²) in [4.78, 5) is 15.5. The van der Waals surface area contributed by atoms with Gasteiger partial charge in [-0.25, -0.2) is 0 Å². The Labute approximate surface area is 179 Å². The molecule has 0 unspecified atom stereocenters. The third-order valence-corrected chi connectivity index (χ3v) is 5.02. The first kappa shape index (κ1) is 20.3. The molecule has 4 aromatic rings. The summed E-state index contributed by atoms with van der Waals surface area (Å²) < 4.78 is 16.5. The lowest BCUT2D eigenvalue weighted by molar-refractivity contribution is -0.111. The molecule has 0 saturated heterocycles. The van der Waals surface area contributed by atoms with E-state index in [4.69, 9.17) is 14.0 Å². The topological polar surface area (TPSA) is 89.4 Å². The number of rotatable bonds is 7. The molecule has 2 aromatic heterocycles. The lowest BCUT2D eigenvalue weighted by Gasteiger charge is -2.11. The summed E-state index contributed by atoms with van der Waals surface area (Å²) in [5.74, 6) is 1.69. The third kappa shape index (κ3) is 4.45. The molecule has 0 radical (unpaired) electrons. The largest absolute Gasteiger partial charge is 0.493 e. The van der Waals surface area contributed by atoms with E-state index in [0.717, 1.165) is 39.2 Å². The number of fused-ring (bicyclic) bond motifs is 1. The van der Waals surface area contributed by atoms with Crippen molar-refractivity contribution < 1.29 is 18.8 Å². The summed E-state index contributed by atoms with van der Waals surface area (Å²) in [6.45, 7) is 4.06. The van der Waals surface area contributed by atoms with E-state index < -0.39 is 0 Å². The van der Waals surface area contributed by atoms with Crippen LogP contribution in [0.25, 0.3) is 17.0 Å². The normalized spacial score (nSPS) is 11.2. The number of anilines is 1. The van der Waals surface area contributed by atoms with E-state index in [-0.39, 0.29) is 5.91 Å². The predicted octanol–water partition coefficient (Wildman–Crippen LogP) is 5.01. The highest BCUT2D eigenvalue weighted by Crippen LogP contribution is 2.30. The van der Waals surface area contributed by atoms with Crippen LogP contribution in [-0.4, -0.2) is 23.2 Å². The maximum Gasteiger partial charge on any atom is 0.248 e. The number of aromatic nitrogens is 2. The highest BCUT2D eigenvalue weighted by atomic mass is 16.5. The third-order valence-electron chi connectivity index (χ3n) is 5.02. The van der Waals surface area contributed by atoms with Gasteiger partial charge in [-0.1, -0.05) is 17.3 Å². The minimum Gasteiger partial charge on any atom is -0.493 e. The molecule has 7 nitrogen and oxygen atoms in total. The van der Waals surface area contributed by atoms with Gasteiger partial charge in [-0.2, -0.15) is 0 Å². The van der Waals surface area contributed by atoms with Crippen LogP contribution in [0.4, 0.5) is 5.69 Å². The molecule has 0 atom stereocenters. The highest BCUT2D eigenvalue weighted by Gasteiger charge is 2.12. The van der Waals surface area contributed by atoms with Crippen LogP contribution < -0.4 is 14.8 Å². The summed E-state index contributed by atoms with van der Waals surface area (Å²) in [5, 5.41) is 7.81. The Balaban J connectivity index is 1.44. The Bertz CT molecular complexity index is 1230. The molecule has 0 bridgehead atoms. The lowest BCUT2D eigenvalue weighted by atomic mass is 10.1. The van der Waals surface area contributed by atoms with Crippen molar-refractivity contribution in [3.8, 4) is 11.5 Å². The SMILES string of the molecule is COc1cc(/C=C/C(=O)Nc2cccc3[nH]ccc23)ccc1OCc1c(C)noc1C. The van der Waals surface area contributed by atoms with Crippen LogP contribution in [-0.2, 0) is 11.4 Å². The minimum absolute atomic E-state index is 0.216. The van der Waals surface area contributed by atoms with E-state index >= 15 is 0 Å². The van der Waals surface area contributed by atoms with Gasteiger partial charge in [0.05, 0.1) is 24.1 Å². The van der Waals surface area contributed by atoms with Crippen LogP contribution in [0.3, 0.4) is 0 Å². The monoisotopic (exact) mass is 417 g/mol. The van der Waals surface area contributed by atoms with E-state index in [9.17, 15) is 4.79 Å². The van der Waals surface area contributed by atoms with Crippen molar-refractivity contribution in [2.24, 2.45) is 0 Å². The predicted molar refractivity (Wildman–Crippen MR) is 119 cm³/mol. The molecule has 0 spiro atoms. The van der Waals surface area contributed by atoms with Crippen molar-refractivity contribution >= 4 is 28.6 Å². The fourth-order valence-corrected chi connectivity index (χ4v) is 3.31. The van der Waals surface area contributed by atoms with Gasteiger partial charge in [0, 0.05) is 23.2 Å². The van der Waals surface area contributed by atoms with Crippen molar-refractivity contribution in [1.82, 2.24) is 10.1 Å². The van der Waals surface area contributed by atoms with Crippen LogP contribution in [0.1, 0.15) is 22.6 Å². The Morgan fingerprint density at radius 1 is 1.19 bits per heavy atom. The standard InChI is InChI=1S/C24H23N3O4/c1-15-19(16(2)31-27-15)14-30-22-9-7-17(13-23(22)29-3)8-10-24(28)26-21-6-4-5-20-18(21)11-12-25-20/h4-13,25H,14H2,1-3H3,(H,26,28)/b10-8+. The number of aromatic amines is 1. The average molecular weight is 417 g/mol. The molecule has 2 heterocycles. The van der Waals surface area contributed by atoms with Crippen molar-refractivity contribution in [2.45, 2.75) is 20.5 Å². The highest BCUT2D eigenvalue weighted by molar-refractivity contribution is 6.07. The van der Waals surface area contributed by atoms with Crippen molar-refractivity contribution in [3.63, 3.8) is 0 Å². The van der Waals surface area contributed by atoms with E-state index in [1.807, 2.05) is 62.5 Å². The number of hydrogen-bond donors (Lipinski definition) is 2. The molecule has 31 heavy (non-hydrogen) atoms. The van der Waals surface area contributed by atoms with Crippen molar-refractivity contribution in [3.05, 3.63) is 77.3 Å². The van der Waals surface area contributed by atoms with Crippen LogP contribution >= 0.6 is 0 Å². The Hall–Kier alpha value is -4.00. The first-order valence-corrected chi connectivity index (χ1v) is 9.83. The Kier molecular flexibility index (Phi) is 5.75. The smallest absolute Gasteiger partial charge is 0.248 e. The van der Waals surface area contributed by atoms with Gasteiger partial charge < -0.3 is 24.3 Å². The van der Waals surface area contributed by atoms with Gasteiger partial charge >= 0.3 is 0 Å². The van der Waals surface area contributed by atoms with Gasteiger partial charge in [-0.3, -0.25) is 4.79 Å². The molecule has 0 aliphatic rings. The molecule has 0 aliphatic heterocycles. The first-order chi connectivity index (χ1) is 15.0. The summed E-state index contributed by atoms with van der Waals surface area (Å²) in [6, 6.07) is 13.2. The number of methoxy groups -OCH3 is 1. The van der Waals surface area contributed by atoms with Crippen LogP contribution in [0, 0.1) is 13.8 Å². The molecule has 2 aromatic carbocycles. The van der Waals surface area contributed by atoms with Crippen LogP contribution in [0.5, 0.6) is 11.5 Å². The number of carbonyl (C=O) groups excluding carboxylic acids is 1. The second-order valence-electron chi connectivity index (χ2n) is 7.07. The Morgan fingerprint density at radius 2 is 2.06 bits per heavy atom. The molecular weight excluding hydrogens is 394 g/mol. The van der Waals surface area contributed by atoms with Crippen molar-refractivity contribution in [2.75, 3.05) is 12.4 Å². The van der Waals surface area contributed by atoms with E-state index in [1.165, 1.54) is 6.08 Å². The maximum absolute atomic E-state index is 12.4. The first-order valence-electron chi connectivity index (χ1n) is 9.83. The Morgan fingerprint density at radius 3 is 2.84 bits per heavy atom. The summed E-state index contributed by atoms with van der Waals surface area (Å²) in [6.07, 6.45) is 5.07. The fourth-order valence-electron chi connectivity index (χ4n) is 3.31. The number of nitrogens with one attached hydrogen (secondary N) is 2. The number of carbonyl (C=O) groups is 1. The van der Waals surface area contributed by atoms with Gasteiger partial charge in [-0.15, -0.1) is 0 Å². The molecule has 158 valence electrons. The van der Waals surface area contributed by atoms with Crippen LogP contribution in [0.2, 0.25) is 0 Å². The van der Waals surface area contributed by atoms with Gasteiger partial charge in [0.15, 0.2) is 11.5 Å². The number of H-pyrrole nitrogens is 1. The van der Waals surface area contributed by atoms with Crippen molar-refractivity contribution in [1.29, 1.82) is 0 Å². The number of amides is 1. The molecule has 1 amide bonds. The van der Waals surface area contributed by atoms with E-state index in [1.54, 1.807) is 13.2 Å². The summed E-state index contributed by atoms with van der Waals surface area (Å²) >= 11 is 0. The van der Waals surface area contributed by atoms with Gasteiger partial charge in [0.1, 0.15) is 12.4 Å². The zero-order valence-corrected chi connectivity index (χ0v) is 17.6. The quantitative estimate of drug-likeness (QED) is 0.413. The van der Waals surface area contributed by atoms with Crippen LogP contribution in [0.15, 0.2) is 59.3 Å². The molecular formula is C24H23N3O4. The zero-order chi connectivity index (χ0) is 21.8. The van der Waals surface area contributed by atoms with Gasteiger partial charge in [0.2, 0.25) is 5.91 Å². The van der Waals surface area contributed by atoms with E-state index in [0.29, 0.717) is 18.1 Å². The molecule has 4 rings (SSSR count). The molecule has 0 saturated carbocycles. The molecule has 0 fully saturated rings. The number of nitrogens with zero attached hydrogens (tertiary/aromatic N) is 1. The van der Waals surface area contributed by atoms with E-state index in [2.05, 4.69) is 15.5 Å². The molecule has 7 heteroatoms. The number of aryl methyl sites for hydroxylation is 2. The summed E-state index contributed by atoms with van der Waals surface area (Å²) in [7, 11) is 1.58. The average Bonchev–Trinajstić information content (AvgIpc) is 3.38. The molecule has 0 aliphatic carbocycles. The molecule has 2 N–H and O–H groups in total. The second kappa shape index (κ2) is 8.79. The minimum atomic E-state index is -0.216. The summed E-state index contributed by atoms with van der Waals surface area (Å²) in [5.41, 5.74) is 4.27. The number of ether oxygens (including phenoxy) is 2. The zero-order valence-electron chi connectivity index (χ0n) is 17.6. The van der Waals surface area contributed by atoms with Gasteiger partial charge in [-0.05, 0) is 55.8 Å². The fraction of sp³-hybridized carbons (Fsp3) is 0.167. The second-order valence-corrected chi connectivity index (χ2v) is 7.07. The number of benzene rings is 2. The van der Waals surface area contributed by atoms with Gasteiger partial charge in [0.25, 0.3) is 0 Å². The number of hydrogen-bond acceptors (Lipinski definition) is 5. The lowest BCUT2D eigenvalue weighted by Crippen LogP contribution is -2.07. The maximum atomic E-state index is 12.4.